The van der Waals surface area contributed by atoms with Gasteiger partial charge in [-0.1, -0.05) is 30.3 Å². The number of ether oxygens (including phenoxy) is 1. The highest BCUT2D eigenvalue weighted by Crippen LogP contribution is 2.23. The maximum absolute atomic E-state index is 5.30. The van der Waals surface area contributed by atoms with Crippen LogP contribution in [0.4, 0.5) is 0 Å². The molecule has 1 aromatic carbocycles. The zero-order chi connectivity index (χ0) is 13.5. The third kappa shape index (κ3) is 4.51. The number of piperidine rings is 1. The Labute approximate surface area is 122 Å². The highest BCUT2D eigenvalue weighted by molar-refractivity contribution is 7.80. The van der Waals surface area contributed by atoms with E-state index in [-0.39, 0.29) is 0 Å². The molecule has 1 aromatic rings. The lowest BCUT2D eigenvalue weighted by molar-refractivity contribution is 0.0886. The smallest absolute Gasteiger partial charge is 0.0502 e. The van der Waals surface area contributed by atoms with Crippen LogP contribution in [0.1, 0.15) is 24.3 Å². The monoisotopic (exact) mass is 279 g/mol. The number of rotatable bonds is 6. The van der Waals surface area contributed by atoms with Gasteiger partial charge < -0.3 is 9.64 Å². The van der Waals surface area contributed by atoms with Crippen LogP contribution < -0.4 is 0 Å². The minimum absolute atomic E-state index is 0.533. The molecule has 2 nitrogen and oxygen atoms in total. The van der Waals surface area contributed by atoms with Gasteiger partial charge in [-0.2, -0.15) is 12.6 Å². The van der Waals surface area contributed by atoms with Gasteiger partial charge >= 0.3 is 0 Å². The van der Waals surface area contributed by atoms with Crippen LogP contribution in [0, 0.1) is 5.92 Å². The second kappa shape index (κ2) is 7.93. The van der Waals surface area contributed by atoms with Crippen molar-refractivity contribution >= 4 is 12.6 Å². The number of thiol groups is 1. The fraction of sp³-hybridized carbons (Fsp3) is 0.625. The van der Waals surface area contributed by atoms with Gasteiger partial charge in [0.15, 0.2) is 0 Å². The molecule has 1 saturated heterocycles. The summed E-state index contributed by atoms with van der Waals surface area (Å²) in [6.45, 7) is 4.41. The first-order chi connectivity index (χ1) is 9.33. The van der Waals surface area contributed by atoms with Crippen LogP contribution in [-0.2, 0) is 4.74 Å². The Bertz CT molecular complexity index is 355. The van der Waals surface area contributed by atoms with Crippen LogP contribution in [0.25, 0.3) is 0 Å². The fourth-order valence-corrected chi connectivity index (χ4v) is 3.32. The first kappa shape index (κ1) is 14.9. The number of likely N-dealkylation sites (tertiary alicyclic amines) is 1. The Morgan fingerprint density at radius 1 is 1.37 bits per heavy atom. The van der Waals surface area contributed by atoms with Crippen molar-refractivity contribution < 1.29 is 4.74 Å². The van der Waals surface area contributed by atoms with E-state index in [1.165, 1.54) is 31.5 Å². The lowest BCUT2D eigenvalue weighted by Gasteiger charge is -2.34. The Morgan fingerprint density at radius 2 is 2.16 bits per heavy atom. The van der Waals surface area contributed by atoms with Gasteiger partial charge in [0.05, 0.1) is 6.61 Å². The van der Waals surface area contributed by atoms with Crippen LogP contribution in [0.5, 0.6) is 0 Å². The van der Waals surface area contributed by atoms with Crippen molar-refractivity contribution in [3.63, 3.8) is 0 Å². The molecule has 2 rings (SSSR count). The summed E-state index contributed by atoms with van der Waals surface area (Å²) in [6.07, 6.45) is 2.60. The summed E-state index contributed by atoms with van der Waals surface area (Å²) in [5.74, 6) is 2.15. The summed E-state index contributed by atoms with van der Waals surface area (Å²) >= 11 is 4.54. The third-order valence-corrected chi connectivity index (χ3v) is 4.42. The van der Waals surface area contributed by atoms with E-state index in [0.717, 1.165) is 18.9 Å². The molecular formula is C16H25NOS. The maximum atomic E-state index is 5.30. The third-order valence-electron chi connectivity index (χ3n) is 3.98. The summed E-state index contributed by atoms with van der Waals surface area (Å²) < 4.78 is 5.30. The fourth-order valence-electron chi connectivity index (χ4n) is 2.99. The van der Waals surface area contributed by atoms with Gasteiger partial charge in [0.2, 0.25) is 0 Å². The Kier molecular flexibility index (Phi) is 6.21. The van der Waals surface area contributed by atoms with Crippen LogP contribution in [0.2, 0.25) is 0 Å². The average Bonchev–Trinajstić information content (AvgIpc) is 2.46. The summed E-state index contributed by atoms with van der Waals surface area (Å²) in [5, 5.41) is 0. The predicted octanol–water partition coefficient (Wildman–Crippen LogP) is 3.06. The standard InChI is InChI=1S/C16H25NOS/c1-18-12-14-6-5-9-17(10-14)11-16(13-19)15-7-3-2-4-8-15/h2-4,7-8,14,16,19H,5-6,9-13H2,1H3. The largest absolute Gasteiger partial charge is 0.384 e. The van der Waals surface area contributed by atoms with E-state index >= 15 is 0 Å². The van der Waals surface area contributed by atoms with E-state index in [9.17, 15) is 0 Å². The number of hydrogen-bond donors (Lipinski definition) is 1. The quantitative estimate of drug-likeness (QED) is 0.804. The second-order valence-electron chi connectivity index (χ2n) is 5.51. The molecular weight excluding hydrogens is 254 g/mol. The first-order valence-electron chi connectivity index (χ1n) is 7.20. The van der Waals surface area contributed by atoms with Crippen LogP contribution >= 0.6 is 12.6 Å². The zero-order valence-corrected chi connectivity index (χ0v) is 12.7. The molecule has 0 aromatic heterocycles. The van der Waals surface area contributed by atoms with E-state index in [0.29, 0.717) is 11.8 Å². The van der Waals surface area contributed by atoms with Crippen molar-refractivity contribution in [2.75, 3.05) is 39.1 Å². The van der Waals surface area contributed by atoms with E-state index in [1.54, 1.807) is 7.11 Å². The summed E-state index contributed by atoms with van der Waals surface area (Å²) in [4.78, 5) is 2.58. The molecule has 1 aliphatic rings. The van der Waals surface area contributed by atoms with E-state index < -0.39 is 0 Å². The van der Waals surface area contributed by atoms with Crippen LogP contribution in [-0.4, -0.2) is 44.0 Å². The van der Waals surface area contributed by atoms with Crippen molar-refractivity contribution in [3.8, 4) is 0 Å². The number of hydrogen-bond acceptors (Lipinski definition) is 3. The highest BCUT2D eigenvalue weighted by atomic mass is 32.1. The van der Waals surface area contributed by atoms with Crippen molar-refractivity contribution in [1.29, 1.82) is 0 Å². The molecule has 1 heterocycles. The lowest BCUT2D eigenvalue weighted by atomic mass is 9.95. The van der Waals surface area contributed by atoms with Crippen molar-refractivity contribution in [2.24, 2.45) is 5.92 Å². The number of methoxy groups -OCH3 is 1. The van der Waals surface area contributed by atoms with Gasteiger partial charge in [-0.3, -0.25) is 0 Å². The van der Waals surface area contributed by atoms with Crippen molar-refractivity contribution in [1.82, 2.24) is 4.90 Å². The summed E-state index contributed by atoms with van der Waals surface area (Å²) in [5.41, 5.74) is 1.41. The normalized spacial score (nSPS) is 22.3. The van der Waals surface area contributed by atoms with Gasteiger partial charge in [0.1, 0.15) is 0 Å². The predicted molar refractivity (Wildman–Crippen MR) is 84.1 cm³/mol. The van der Waals surface area contributed by atoms with Gasteiger partial charge in [0.25, 0.3) is 0 Å². The molecule has 106 valence electrons. The molecule has 0 saturated carbocycles. The molecule has 0 bridgehead atoms. The van der Waals surface area contributed by atoms with E-state index in [4.69, 9.17) is 4.74 Å². The highest BCUT2D eigenvalue weighted by Gasteiger charge is 2.22. The zero-order valence-electron chi connectivity index (χ0n) is 11.8. The van der Waals surface area contributed by atoms with Gasteiger partial charge in [-0.25, -0.2) is 0 Å². The van der Waals surface area contributed by atoms with Gasteiger partial charge in [-0.05, 0) is 36.6 Å². The maximum Gasteiger partial charge on any atom is 0.0502 e. The number of nitrogens with zero attached hydrogens (tertiary/aromatic N) is 1. The first-order valence-corrected chi connectivity index (χ1v) is 7.83. The SMILES string of the molecule is COCC1CCCN(CC(CS)c2ccccc2)C1. The molecule has 0 aliphatic carbocycles. The average molecular weight is 279 g/mol. The minimum Gasteiger partial charge on any atom is -0.384 e. The lowest BCUT2D eigenvalue weighted by Crippen LogP contribution is -2.39. The van der Waals surface area contributed by atoms with Crippen molar-refractivity contribution in [2.45, 2.75) is 18.8 Å². The molecule has 1 aliphatic heterocycles. The topological polar surface area (TPSA) is 12.5 Å². The Balaban J connectivity index is 1.91. The molecule has 2 unspecified atom stereocenters. The van der Waals surface area contributed by atoms with E-state index in [2.05, 4.69) is 47.9 Å². The van der Waals surface area contributed by atoms with Gasteiger partial charge in [-0.15, -0.1) is 0 Å². The van der Waals surface area contributed by atoms with E-state index in [1.807, 2.05) is 0 Å². The molecule has 0 radical (unpaired) electrons. The van der Waals surface area contributed by atoms with Crippen LogP contribution in [0.3, 0.4) is 0 Å². The second-order valence-corrected chi connectivity index (χ2v) is 5.88. The molecule has 0 spiro atoms. The number of benzene rings is 1. The molecule has 3 heteroatoms. The molecule has 0 amide bonds. The Hall–Kier alpha value is -0.510. The summed E-state index contributed by atoms with van der Waals surface area (Å²) in [6, 6.07) is 10.8. The summed E-state index contributed by atoms with van der Waals surface area (Å²) in [7, 11) is 1.81. The molecule has 19 heavy (non-hydrogen) atoms. The van der Waals surface area contributed by atoms with Crippen LogP contribution in [0.15, 0.2) is 30.3 Å². The van der Waals surface area contributed by atoms with Gasteiger partial charge in [0, 0.05) is 26.1 Å². The Morgan fingerprint density at radius 3 is 2.84 bits per heavy atom. The minimum atomic E-state index is 0.533. The molecule has 1 fully saturated rings. The molecule has 0 N–H and O–H groups in total. The van der Waals surface area contributed by atoms with Crippen molar-refractivity contribution in [3.05, 3.63) is 35.9 Å². The molecule has 2 atom stereocenters.